The highest BCUT2D eigenvalue weighted by molar-refractivity contribution is 5.96. The number of nitrogens with zero attached hydrogens (tertiary/aromatic N) is 1. The van der Waals surface area contributed by atoms with Crippen molar-refractivity contribution in [3.8, 4) is 0 Å². The zero-order valence-electron chi connectivity index (χ0n) is 13.3. The summed E-state index contributed by atoms with van der Waals surface area (Å²) >= 11 is 0. The summed E-state index contributed by atoms with van der Waals surface area (Å²) in [5, 5.41) is 0. The Morgan fingerprint density at radius 1 is 1.39 bits per heavy atom. The van der Waals surface area contributed by atoms with Crippen molar-refractivity contribution < 1.29 is 23.5 Å². The van der Waals surface area contributed by atoms with Crippen molar-refractivity contribution in [2.75, 3.05) is 19.7 Å². The highest BCUT2D eigenvalue weighted by Gasteiger charge is 2.29. The predicted octanol–water partition coefficient (Wildman–Crippen LogP) is 1.22. The van der Waals surface area contributed by atoms with Crippen molar-refractivity contribution in [2.45, 2.75) is 26.7 Å². The number of carbonyl (C=O) groups excluding carboxylic acids is 3. The summed E-state index contributed by atoms with van der Waals surface area (Å²) < 4.78 is 9.99. The quantitative estimate of drug-likeness (QED) is 0.815. The van der Waals surface area contributed by atoms with E-state index < -0.39 is 12.0 Å². The second kappa shape index (κ2) is 7.66. The van der Waals surface area contributed by atoms with Gasteiger partial charge in [0.25, 0.3) is 5.91 Å². The molecule has 8 heteroatoms. The molecular formula is C15H21N3O5. The minimum Gasteiger partial charge on any atom is -0.469 e. The molecule has 0 aliphatic carbocycles. The van der Waals surface area contributed by atoms with Gasteiger partial charge in [-0.15, -0.1) is 0 Å². The molecule has 2 rings (SSSR count). The lowest BCUT2D eigenvalue weighted by molar-refractivity contribution is -0.127. The fourth-order valence-corrected chi connectivity index (χ4v) is 2.48. The molecule has 1 saturated heterocycles. The fourth-order valence-electron chi connectivity index (χ4n) is 2.48. The van der Waals surface area contributed by atoms with E-state index in [9.17, 15) is 14.4 Å². The van der Waals surface area contributed by atoms with Crippen LogP contribution in [0.3, 0.4) is 0 Å². The van der Waals surface area contributed by atoms with Gasteiger partial charge >= 0.3 is 6.09 Å². The van der Waals surface area contributed by atoms with E-state index in [4.69, 9.17) is 9.15 Å². The molecule has 2 N–H and O–H groups in total. The van der Waals surface area contributed by atoms with E-state index in [1.54, 1.807) is 13.8 Å². The van der Waals surface area contributed by atoms with Gasteiger partial charge in [0.1, 0.15) is 5.76 Å². The van der Waals surface area contributed by atoms with Crippen molar-refractivity contribution in [1.82, 2.24) is 15.8 Å². The Bertz CT molecular complexity index is 583. The smallest absolute Gasteiger partial charge is 0.409 e. The van der Waals surface area contributed by atoms with Crippen LogP contribution < -0.4 is 10.9 Å². The molecule has 1 fully saturated rings. The van der Waals surface area contributed by atoms with Crippen molar-refractivity contribution in [2.24, 2.45) is 5.92 Å². The van der Waals surface area contributed by atoms with Crippen LogP contribution in [-0.2, 0) is 9.53 Å². The van der Waals surface area contributed by atoms with Gasteiger partial charge in [0.05, 0.1) is 24.4 Å². The van der Waals surface area contributed by atoms with Gasteiger partial charge in [-0.1, -0.05) is 0 Å². The second-order valence-corrected chi connectivity index (χ2v) is 5.32. The minimum absolute atomic E-state index is 0.283. The zero-order valence-corrected chi connectivity index (χ0v) is 13.3. The number of hydrogen-bond acceptors (Lipinski definition) is 5. The SMILES string of the molecule is CCOC(=O)N1CCCC(C(=O)NNC(=O)c2ccoc2C)C1. The Labute approximate surface area is 134 Å². The summed E-state index contributed by atoms with van der Waals surface area (Å²) in [6, 6.07) is 1.53. The van der Waals surface area contributed by atoms with E-state index in [0.29, 0.717) is 37.3 Å². The standard InChI is InChI=1S/C15H21N3O5/c1-3-22-15(21)18-7-4-5-11(9-18)13(19)16-17-14(20)12-6-8-23-10(12)2/h6,8,11H,3-5,7,9H2,1-2H3,(H,16,19)(H,17,20). The number of amides is 3. The summed E-state index contributed by atoms with van der Waals surface area (Å²) in [5.74, 6) is -0.669. The van der Waals surface area contributed by atoms with E-state index in [1.165, 1.54) is 17.2 Å². The van der Waals surface area contributed by atoms with E-state index >= 15 is 0 Å². The third kappa shape index (κ3) is 4.24. The molecule has 126 valence electrons. The van der Waals surface area contributed by atoms with Gasteiger partial charge in [-0.3, -0.25) is 20.4 Å². The van der Waals surface area contributed by atoms with Gasteiger partial charge in [-0.2, -0.15) is 0 Å². The van der Waals surface area contributed by atoms with Gasteiger partial charge in [-0.05, 0) is 32.8 Å². The molecule has 23 heavy (non-hydrogen) atoms. The number of piperidine rings is 1. The molecule has 1 atom stereocenters. The topological polar surface area (TPSA) is 101 Å². The summed E-state index contributed by atoms with van der Waals surface area (Å²) in [6.45, 7) is 4.55. The Balaban J connectivity index is 1.84. The Kier molecular flexibility index (Phi) is 5.61. The minimum atomic E-state index is -0.442. The first kappa shape index (κ1) is 16.9. The number of hydrazine groups is 1. The van der Waals surface area contributed by atoms with Crippen LogP contribution in [-0.4, -0.2) is 42.5 Å². The molecule has 3 amide bonds. The van der Waals surface area contributed by atoms with Gasteiger partial charge < -0.3 is 14.1 Å². The maximum Gasteiger partial charge on any atom is 0.409 e. The van der Waals surface area contributed by atoms with E-state index in [0.717, 1.165) is 0 Å². The normalized spacial score (nSPS) is 17.5. The van der Waals surface area contributed by atoms with Crippen molar-refractivity contribution in [1.29, 1.82) is 0 Å². The number of aryl methyl sites for hydroxylation is 1. The lowest BCUT2D eigenvalue weighted by Crippen LogP contribution is -2.50. The lowest BCUT2D eigenvalue weighted by Gasteiger charge is -2.31. The molecule has 8 nitrogen and oxygen atoms in total. The molecule has 0 spiro atoms. The molecule has 0 radical (unpaired) electrons. The molecule has 0 saturated carbocycles. The average Bonchev–Trinajstić information content (AvgIpc) is 2.98. The molecule has 1 unspecified atom stereocenters. The van der Waals surface area contributed by atoms with Crippen molar-refractivity contribution >= 4 is 17.9 Å². The number of ether oxygens (including phenoxy) is 1. The van der Waals surface area contributed by atoms with Crippen LogP contribution in [0, 0.1) is 12.8 Å². The molecule has 1 aliphatic rings. The van der Waals surface area contributed by atoms with Gasteiger partial charge in [-0.25, -0.2) is 4.79 Å². The van der Waals surface area contributed by atoms with Crippen LogP contribution in [0.15, 0.2) is 16.7 Å². The molecule has 0 aromatic carbocycles. The van der Waals surface area contributed by atoms with Crippen LogP contribution in [0.2, 0.25) is 0 Å². The molecule has 1 aromatic rings. The Hall–Kier alpha value is -2.51. The van der Waals surface area contributed by atoms with Crippen molar-refractivity contribution in [3.63, 3.8) is 0 Å². The summed E-state index contributed by atoms with van der Waals surface area (Å²) in [4.78, 5) is 37.3. The highest BCUT2D eigenvalue weighted by Crippen LogP contribution is 2.17. The lowest BCUT2D eigenvalue weighted by atomic mass is 9.98. The van der Waals surface area contributed by atoms with E-state index in [-0.39, 0.29) is 18.4 Å². The number of likely N-dealkylation sites (tertiary alicyclic amines) is 1. The number of furan rings is 1. The first-order valence-corrected chi connectivity index (χ1v) is 7.59. The molecule has 2 heterocycles. The monoisotopic (exact) mass is 323 g/mol. The number of rotatable bonds is 3. The maximum atomic E-state index is 12.2. The number of hydrogen-bond donors (Lipinski definition) is 2. The van der Waals surface area contributed by atoms with Crippen LogP contribution in [0.4, 0.5) is 4.79 Å². The van der Waals surface area contributed by atoms with Gasteiger partial charge in [0.15, 0.2) is 0 Å². The largest absolute Gasteiger partial charge is 0.469 e. The summed E-state index contributed by atoms with van der Waals surface area (Å²) in [6.07, 6.45) is 2.36. The number of nitrogens with one attached hydrogen (secondary N) is 2. The van der Waals surface area contributed by atoms with E-state index in [2.05, 4.69) is 10.9 Å². The first-order valence-electron chi connectivity index (χ1n) is 7.59. The second-order valence-electron chi connectivity index (χ2n) is 5.32. The van der Waals surface area contributed by atoms with E-state index in [1.807, 2.05) is 0 Å². The van der Waals surface area contributed by atoms with Crippen LogP contribution in [0.1, 0.15) is 35.9 Å². The summed E-state index contributed by atoms with van der Waals surface area (Å²) in [7, 11) is 0. The molecule has 1 aliphatic heterocycles. The van der Waals surface area contributed by atoms with Crippen LogP contribution in [0.25, 0.3) is 0 Å². The third-order valence-electron chi connectivity index (χ3n) is 3.72. The predicted molar refractivity (Wildman–Crippen MR) is 80.4 cm³/mol. The van der Waals surface area contributed by atoms with Gasteiger partial charge in [0.2, 0.25) is 5.91 Å². The third-order valence-corrected chi connectivity index (χ3v) is 3.72. The zero-order chi connectivity index (χ0) is 16.8. The summed E-state index contributed by atoms with van der Waals surface area (Å²) in [5.41, 5.74) is 5.12. The highest BCUT2D eigenvalue weighted by atomic mass is 16.6. The fraction of sp³-hybridized carbons (Fsp3) is 0.533. The first-order chi connectivity index (χ1) is 11.0. The number of carbonyl (C=O) groups is 3. The molecule has 1 aromatic heterocycles. The Morgan fingerprint density at radius 3 is 2.83 bits per heavy atom. The van der Waals surface area contributed by atoms with Gasteiger partial charge in [0, 0.05) is 13.1 Å². The van der Waals surface area contributed by atoms with Crippen molar-refractivity contribution in [3.05, 3.63) is 23.7 Å². The van der Waals surface area contributed by atoms with Crippen LogP contribution in [0.5, 0.6) is 0 Å². The van der Waals surface area contributed by atoms with Crippen LogP contribution >= 0.6 is 0 Å². The molecular weight excluding hydrogens is 302 g/mol. The molecule has 0 bridgehead atoms. The maximum absolute atomic E-state index is 12.2. The Morgan fingerprint density at radius 2 is 2.17 bits per heavy atom. The average molecular weight is 323 g/mol.